The Labute approximate surface area is 164 Å². The van der Waals surface area contributed by atoms with Gasteiger partial charge in [0.05, 0.1) is 39.0 Å². The van der Waals surface area contributed by atoms with Crippen LogP contribution in [0, 0.1) is 13.8 Å². The summed E-state index contributed by atoms with van der Waals surface area (Å²) in [6, 6.07) is 3.68. The summed E-state index contributed by atoms with van der Waals surface area (Å²) in [5, 5.41) is 3.92. The third kappa shape index (κ3) is 3.83. The summed E-state index contributed by atoms with van der Waals surface area (Å²) in [5.74, 6) is 2.83. The van der Waals surface area contributed by atoms with Crippen molar-refractivity contribution in [2.45, 2.75) is 26.7 Å². The molecule has 1 aliphatic heterocycles. The second kappa shape index (κ2) is 8.37. The summed E-state index contributed by atoms with van der Waals surface area (Å²) in [7, 11) is 4.86. The van der Waals surface area contributed by atoms with Gasteiger partial charge in [0.2, 0.25) is 5.91 Å². The fourth-order valence-corrected chi connectivity index (χ4v) is 3.46. The average molecular weight is 386 g/mol. The van der Waals surface area contributed by atoms with Crippen molar-refractivity contribution >= 4 is 11.5 Å². The summed E-state index contributed by atoms with van der Waals surface area (Å²) in [5.41, 5.74) is 3.64. The van der Waals surface area contributed by atoms with Crippen molar-refractivity contribution in [3.8, 4) is 17.2 Å². The van der Waals surface area contributed by atoms with Gasteiger partial charge in [-0.2, -0.15) is 0 Å². The number of rotatable bonds is 6. The first-order valence-electron chi connectivity index (χ1n) is 9.17. The first kappa shape index (κ1) is 19.8. The van der Waals surface area contributed by atoms with E-state index >= 15 is 0 Å². The van der Waals surface area contributed by atoms with Crippen molar-refractivity contribution in [1.82, 2.24) is 10.1 Å². The molecule has 1 amide bonds. The van der Waals surface area contributed by atoms with Gasteiger partial charge in [0, 0.05) is 30.8 Å². The number of hydrogen-bond donors (Lipinski definition) is 0. The molecule has 0 spiro atoms. The van der Waals surface area contributed by atoms with E-state index in [2.05, 4.69) is 11.2 Å². The van der Waals surface area contributed by atoms with E-state index in [1.165, 1.54) is 0 Å². The minimum Gasteiger partial charge on any atom is -0.496 e. The quantitative estimate of drug-likeness (QED) is 0.759. The molecule has 0 atom stereocenters. The van der Waals surface area contributed by atoms with Gasteiger partial charge in [-0.25, -0.2) is 0 Å². The highest BCUT2D eigenvalue weighted by Gasteiger charge is 2.24. The van der Waals surface area contributed by atoms with E-state index in [-0.39, 0.29) is 5.91 Å². The number of carbonyl (C=O) groups is 1. The van der Waals surface area contributed by atoms with E-state index in [0.29, 0.717) is 48.9 Å². The van der Waals surface area contributed by atoms with Crippen LogP contribution in [-0.4, -0.2) is 50.4 Å². The van der Waals surface area contributed by atoms with Gasteiger partial charge >= 0.3 is 0 Å². The third-order valence-corrected chi connectivity index (χ3v) is 5.11. The van der Waals surface area contributed by atoms with E-state index < -0.39 is 0 Å². The molecule has 1 aromatic heterocycles. The zero-order valence-electron chi connectivity index (χ0n) is 17.0. The second-order valence-corrected chi connectivity index (χ2v) is 6.71. The molecule has 28 heavy (non-hydrogen) atoms. The number of ether oxygens (including phenoxy) is 3. The maximum Gasteiger partial charge on any atom is 0.227 e. The summed E-state index contributed by atoms with van der Waals surface area (Å²) in [6.45, 7) is 4.86. The average Bonchev–Trinajstić information content (AvgIpc) is 3.04. The molecule has 3 rings (SSSR count). The third-order valence-electron chi connectivity index (χ3n) is 5.11. The molecule has 0 radical (unpaired) electrons. The lowest BCUT2D eigenvalue weighted by molar-refractivity contribution is -0.130. The lowest BCUT2D eigenvalue weighted by Crippen LogP contribution is -2.36. The Balaban J connectivity index is 1.79. The van der Waals surface area contributed by atoms with E-state index in [9.17, 15) is 4.79 Å². The fraction of sp³-hybridized carbons (Fsp3) is 0.429. The number of benzene rings is 1. The van der Waals surface area contributed by atoms with Crippen LogP contribution in [-0.2, 0) is 11.2 Å². The van der Waals surface area contributed by atoms with Crippen LogP contribution in [0.4, 0.5) is 0 Å². The summed E-state index contributed by atoms with van der Waals surface area (Å²) < 4.78 is 21.6. The van der Waals surface area contributed by atoms with Gasteiger partial charge in [-0.05, 0) is 25.8 Å². The smallest absolute Gasteiger partial charge is 0.227 e. The lowest BCUT2D eigenvalue weighted by Gasteiger charge is -2.28. The number of amides is 1. The topological polar surface area (TPSA) is 74.0 Å². The van der Waals surface area contributed by atoms with Gasteiger partial charge in [-0.1, -0.05) is 11.2 Å². The molecule has 1 aliphatic rings. The molecular weight excluding hydrogens is 360 g/mol. The molecule has 0 N–H and O–H groups in total. The first-order valence-corrected chi connectivity index (χ1v) is 9.17. The molecule has 2 heterocycles. The van der Waals surface area contributed by atoms with Crippen LogP contribution in [0.2, 0.25) is 0 Å². The first-order chi connectivity index (χ1) is 13.5. The zero-order chi connectivity index (χ0) is 20.3. The Bertz CT molecular complexity index is 856. The van der Waals surface area contributed by atoms with E-state index in [1.807, 2.05) is 30.9 Å². The van der Waals surface area contributed by atoms with Gasteiger partial charge < -0.3 is 23.6 Å². The molecule has 2 aromatic rings. The summed E-state index contributed by atoms with van der Waals surface area (Å²) in [4.78, 5) is 14.5. The Morgan fingerprint density at radius 2 is 1.82 bits per heavy atom. The normalized spacial score (nSPS) is 13.9. The van der Waals surface area contributed by atoms with Crippen molar-refractivity contribution in [3.05, 3.63) is 40.8 Å². The van der Waals surface area contributed by atoms with E-state index in [1.54, 1.807) is 21.3 Å². The van der Waals surface area contributed by atoms with Crippen molar-refractivity contribution in [3.63, 3.8) is 0 Å². The zero-order valence-corrected chi connectivity index (χ0v) is 17.0. The van der Waals surface area contributed by atoms with E-state index in [0.717, 1.165) is 22.4 Å². The van der Waals surface area contributed by atoms with Crippen LogP contribution in [0.1, 0.15) is 29.0 Å². The fourth-order valence-electron chi connectivity index (χ4n) is 3.46. The predicted molar refractivity (Wildman–Crippen MR) is 105 cm³/mol. The lowest BCUT2D eigenvalue weighted by atomic mass is 9.96. The Morgan fingerprint density at radius 1 is 1.14 bits per heavy atom. The molecule has 150 valence electrons. The molecule has 7 nitrogen and oxygen atoms in total. The minimum atomic E-state index is 0.0679. The highest BCUT2D eigenvalue weighted by Crippen LogP contribution is 2.40. The molecule has 0 fully saturated rings. The van der Waals surface area contributed by atoms with Gasteiger partial charge in [0.1, 0.15) is 23.0 Å². The van der Waals surface area contributed by atoms with Crippen molar-refractivity contribution in [1.29, 1.82) is 0 Å². The number of hydrogen-bond acceptors (Lipinski definition) is 6. The molecule has 1 aromatic carbocycles. The molecule has 0 aliphatic carbocycles. The second-order valence-electron chi connectivity index (χ2n) is 6.71. The number of nitrogens with zero attached hydrogens (tertiary/aromatic N) is 2. The van der Waals surface area contributed by atoms with E-state index in [4.69, 9.17) is 18.7 Å². The largest absolute Gasteiger partial charge is 0.496 e. The Kier molecular flexibility index (Phi) is 5.92. The van der Waals surface area contributed by atoms with Gasteiger partial charge in [-0.15, -0.1) is 0 Å². The van der Waals surface area contributed by atoms with Crippen molar-refractivity contribution < 1.29 is 23.5 Å². The highest BCUT2D eigenvalue weighted by molar-refractivity contribution is 5.82. The molecule has 0 saturated carbocycles. The highest BCUT2D eigenvalue weighted by atomic mass is 16.5. The Morgan fingerprint density at radius 3 is 2.29 bits per heavy atom. The van der Waals surface area contributed by atoms with Crippen LogP contribution in [0.15, 0.2) is 22.7 Å². The van der Waals surface area contributed by atoms with Crippen LogP contribution < -0.4 is 14.2 Å². The summed E-state index contributed by atoms with van der Waals surface area (Å²) >= 11 is 0. The number of aromatic nitrogens is 1. The molecule has 0 saturated heterocycles. The van der Waals surface area contributed by atoms with Crippen molar-refractivity contribution in [2.24, 2.45) is 0 Å². The van der Waals surface area contributed by atoms with Crippen LogP contribution in [0.3, 0.4) is 0 Å². The maximum atomic E-state index is 12.7. The van der Waals surface area contributed by atoms with Gasteiger partial charge in [-0.3, -0.25) is 4.79 Å². The van der Waals surface area contributed by atoms with Gasteiger partial charge in [0.25, 0.3) is 0 Å². The van der Waals surface area contributed by atoms with Crippen LogP contribution >= 0.6 is 0 Å². The number of aryl methyl sites for hydroxylation is 2. The summed E-state index contributed by atoms with van der Waals surface area (Å²) in [6.07, 6.45) is 3.08. The minimum absolute atomic E-state index is 0.0679. The SMILES string of the molecule is COc1cc(OC)c(C2=CCN(C(=O)Cc3c(C)noc3C)CC2)c(OC)c1. The van der Waals surface area contributed by atoms with Crippen LogP contribution in [0.25, 0.3) is 5.57 Å². The maximum absolute atomic E-state index is 12.7. The number of carbonyl (C=O) groups excluding carboxylic acids is 1. The monoisotopic (exact) mass is 386 g/mol. The van der Waals surface area contributed by atoms with Gasteiger partial charge in [0.15, 0.2) is 0 Å². The predicted octanol–water partition coefficient (Wildman–Crippen LogP) is 3.18. The molecular formula is C21H26N2O5. The molecule has 0 unspecified atom stereocenters. The van der Waals surface area contributed by atoms with Crippen LogP contribution in [0.5, 0.6) is 17.2 Å². The number of methoxy groups -OCH3 is 3. The molecule has 0 bridgehead atoms. The van der Waals surface area contributed by atoms with Crippen molar-refractivity contribution in [2.75, 3.05) is 34.4 Å². The standard InChI is InChI=1S/C21H26N2O5/c1-13-17(14(2)28-22-13)12-20(24)23-8-6-15(7-9-23)21-18(26-4)10-16(25-3)11-19(21)27-5/h6,10-11H,7-9,12H2,1-5H3. The Hall–Kier alpha value is -2.96. The molecule has 7 heteroatoms.